The predicted octanol–water partition coefficient (Wildman–Crippen LogP) is 4.39. The van der Waals surface area contributed by atoms with Gasteiger partial charge in [0.2, 0.25) is 0 Å². The Labute approximate surface area is 149 Å². The summed E-state index contributed by atoms with van der Waals surface area (Å²) in [4.78, 5) is 23.2. The van der Waals surface area contributed by atoms with E-state index < -0.39 is 0 Å². The van der Waals surface area contributed by atoms with E-state index in [-0.39, 0.29) is 16.9 Å². The maximum absolute atomic E-state index is 11.6. The standard InChI is InChI=1S/C19H17NO4S/c1-12(21)3-2-8-24-16-7-6-14-9-13(4-5-15(14)11-16)10-17-18(22)20-19(23)25-17/h4-7,9-11,21H,1-3,8H2,(H,20,22,23)/b17-10-. The van der Waals surface area contributed by atoms with Crippen molar-refractivity contribution in [1.29, 1.82) is 0 Å². The quantitative estimate of drug-likeness (QED) is 0.456. The fourth-order valence-electron chi connectivity index (χ4n) is 2.46. The van der Waals surface area contributed by atoms with E-state index in [1.165, 1.54) is 0 Å². The van der Waals surface area contributed by atoms with Gasteiger partial charge in [-0.1, -0.05) is 24.8 Å². The number of aliphatic hydroxyl groups is 1. The van der Waals surface area contributed by atoms with E-state index >= 15 is 0 Å². The van der Waals surface area contributed by atoms with Crippen LogP contribution in [0.15, 0.2) is 53.6 Å². The number of benzene rings is 2. The Bertz CT molecular complexity index is 888. The van der Waals surface area contributed by atoms with Gasteiger partial charge in [0.15, 0.2) is 0 Å². The molecule has 0 bridgehead atoms. The van der Waals surface area contributed by atoms with Gasteiger partial charge in [-0.2, -0.15) is 0 Å². The van der Waals surface area contributed by atoms with Crippen molar-refractivity contribution in [1.82, 2.24) is 5.32 Å². The highest BCUT2D eigenvalue weighted by molar-refractivity contribution is 8.18. The van der Waals surface area contributed by atoms with Gasteiger partial charge in [-0.3, -0.25) is 14.9 Å². The van der Waals surface area contributed by atoms with Gasteiger partial charge < -0.3 is 9.84 Å². The molecule has 0 saturated carbocycles. The van der Waals surface area contributed by atoms with E-state index in [0.29, 0.717) is 24.4 Å². The Balaban J connectivity index is 1.73. The number of nitrogens with one attached hydrogen (secondary N) is 1. The Morgan fingerprint density at radius 3 is 2.68 bits per heavy atom. The molecule has 0 unspecified atom stereocenters. The number of allylic oxidation sites excluding steroid dienone is 1. The minimum atomic E-state index is -0.357. The number of amides is 2. The smallest absolute Gasteiger partial charge is 0.290 e. The van der Waals surface area contributed by atoms with Crippen molar-refractivity contribution in [2.45, 2.75) is 12.8 Å². The van der Waals surface area contributed by atoms with E-state index in [1.807, 2.05) is 36.4 Å². The van der Waals surface area contributed by atoms with E-state index in [4.69, 9.17) is 9.84 Å². The molecule has 2 amide bonds. The third-order valence-corrected chi connectivity index (χ3v) is 4.46. The van der Waals surface area contributed by atoms with Gasteiger partial charge in [-0.05, 0) is 58.8 Å². The molecule has 1 saturated heterocycles. The predicted molar refractivity (Wildman–Crippen MR) is 99.6 cm³/mol. The molecule has 0 aromatic heterocycles. The van der Waals surface area contributed by atoms with Crippen LogP contribution >= 0.6 is 11.8 Å². The monoisotopic (exact) mass is 355 g/mol. The lowest BCUT2D eigenvalue weighted by molar-refractivity contribution is -0.115. The van der Waals surface area contributed by atoms with Gasteiger partial charge in [0.1, 0.15) is 5.75 Å². The zero-order valence-electron chi connectivity index (χ0n) is 13.5. The Hall–Kier alpha value is -2.73. The second-order valence-corrected chi connectivity index (χ2v) is 6.65. The van der Waals surface area contributed by atoms with Gasteiger partial charge in [0.05, 0.1) is 17.3 Å². The molecule has 25 heavy (non-hydrogen) atoms. The molecule has 6 heteroatoms. The number of carbonyl (C=O) groups is 2. The molecule has 5 nitrogen and oxygen atoms in total. The first-order valence-electron chi connectivity index (χ1n) is 7.79. The van der Waals surface area contributed by atoms with Crippen LogP contribution in [0.5, 0.6) is 5.75 Å². The first kappa shape index (κ1) is 17.1. The number of ether oxygens (including phenoxy) is 1. The fourth-order valence-corrected chi connectivity index (χ4v) is 3.14. The van der Waals surface area contributed by atoms with Crippen molar-refractivity contribution in [3.8, 4) is 5.75 Å². The first-order chi connectivity index (χ1) is 12.0. The van der Waals surface area contributed by atoms with Crippen molar-refractivity contribution >= 4 is 39.8 Å². The lowest BCUT2D eigenvalue weighted by Gasteiger charge is -2.07. The van der Waals surface area contributed by atoms with Crippen LogP contribution < -0.4 is 10.1 Å². The van der Waals surface area contributed by atoms with Crippen molar-refractivity contribution in [3.63, 3.8) is 0 Å². The summed E-state index contributed by atoms with van der Waals surface area (Å²) in [5.41, 5.74) is 0.856. The summed E-state index contributed by atoms with van der Waals surface area (Å²) in [5.74, 6) is 0.572. The minimum absolute atomic E-state index is 0.166. The van der Waals surface area contributed by atoms with Crippen molar-refractivity contribution in [2.75, 3.05) is 6.61 Å². The zero-order valence-corrected chi connectivity index (χ0v) is 14.3. The molecule has 1 heterocycles. The van der Waals surface area contributed by atoms with Gasteiger partial charge in [-0.15, -0.1) is 0 Å². The number of imide groups is 1. The molecular weight excluding hydrogens is 338 g/mol. The molecule has 0 radical (unpaired) electrons. The molecular formula is C19H17NO4S. The molecule has 3 rings (SSSR count). The van der Waals surface area contributed by atoms with Crippen LogP contribution in [0.3, 0.4) is 0 Å². The zero-order chi connectivity index (χ0) is 17.8. The van der Waals surface area contributed by atoms with Crippen molar-refractivity contribution in [3.05, 3.63) is 59.2 Å². The lowest BCUT2D eigenvalue weighted by Crippen LogP contribution is -2.17. The molecule has 2 aromatic rings. The number of rotatable bonds is 6. The number of hydrogen-bond donors (Lipinski definition) is 2. The molecule has 128 valence electrons. The molecule has 1 fully saturated rings. The van der Waals surface area contributed by atoms with Crippen molar-refractivity contribution < 1.29 is 19.4 Å². The Kier molecular flexibility index (Phi) is 5.09. The molecule has 2 N–H and O–H groups in total. The highest BCUT2D eigenvalue weighted by atomic mass is 32.2. The third kappa shape index (κ3) is 4.42. The summed E-state index contributed by atoms with van der Waals surface area (Å²) in [6.45, 7) is 3.95. The molecule has 0 aliphatic carbocycles. The average molecular weight is 355 g/mol. The average Bonchev–Trinajstić information content (AvgIpc) is 2.89. The fraction of sp³-hybridized carbons (Fsp3) is 0.158. The summed E-state index contributed by atoms with van der Waals surface area (Å²) in [7, 11) is 0. The normalized spacial score (nSPS) is 15.6. The summed E-state index contributed by atoms with van der Waals surface area (Å²) in [6.07, 6.45) is 2.94. The number of carbonyl (C=O) groups excluding carboxylic acids is 2. The minimum Gasteiger partial charge on any atom is -0.513 e. The van der Waals surface area contributed by atoms with Gasteiger partial charge in [0, 0.05) is 6.42 Å². The molecule has 1 aliphatic heterocycles. The highest BCUT2D eigenvalue weighted by Gasteiger charge is 2.24. The third-order valence-electron chi connectivity index (χ3n) is 3.65. The van der Waals surface area contributed by atoms with Crippen LogP contribution in [-0.4, -0.2) is 22.9 Å². The summed E-state index contributed by atoms with van der Waals surface area (Å²) < 4.78 is 5.67. The van der Waals surface area contributed by atoms with E-state index in [9.17, 15) is 9.59 Å². The van der Waals surface area contributed by atoms with Gasteiger partial charge in [0.25, 0.3) is 11.1 Å². The van der Waals surface area contributed by atoms with Crippen molar-refractivity contribution in [2.24, 2.45) is 0 Å². The van der Waals surface area contributed by atoms with Crippen LogP contribution in [0.1, 0.15) is 18.4 Å². The SMILES string of the molecule is C=C(O)CCCOc1ccc2cc(/C=C3\SC(=O)NC3=O)ccc2c1. The number of hydrogen-bond acceptors (Lipinski definition) is 5. The number of aliphatic hydroxyl groups excluding tert-OH is 1. The van der Waals surface area contributed by atoms with Crippen LogP contribution in [-0.2, 0) is 4.79 Å². The van der Waals surface area contributed by atoms with Crippen LogP contribution in [0, 0.1) is 0 Å². The number of fused-ring (bicyclic) bond motifs is 1. The summed E-state index contributed by atoms with van der Waals surface area (Å²) >= 11 is 0.907. The van der Waals surface area contributed by atoms with Crippen LogP contribution in [0.25, 0.3) is 16.8 Å². The highest BCUT2D eigenvalue weighted by Crippen LogP contribution is 2.28. The van der Waals surface area contributed by atoms with Gasteiger partial charge >= 0.3 is 0 Å². The van der Waals surface area contributed by atoms with Crippen LogP contribution in [0.2, 0.25) is 0 Å². The van der Waals surface area contributed by atoms with E-state index in [0.717, 1.165) is 33.8 Å². The molecule has 0 atom stereocenters. The first-order valence-corrected chi connectivity index (χ1v) is 8.61. The summed E-state index contributed by atoms with van der Waals surface area (Å²) in [5, 5.41) is 13.0. The largest absolute Gasteiger partial charge is 0.513 e. The molecule has 0 spiro atoms. The molecule has 1 aliphatic rings. The van der Waals surface area contributed by atoms with Crippen LogP contribution in [0.4, 0.5) is 4.79 Å². The second-order valence-electron chi connectivity index (χ2n) is 5.64. The van der Waals surface area contributed by atoms with E-state index in [2.05, 4.69) is 11.9 Å². The lowest BCUT2D eigenvalue weighted by atomic mass is 10.1. The van der Waals surface area contributed by atoms with E-state index in [1.54, 1.807) is 6.08 Å². The Morgan fingerprint density at radius 2 is 1.96 bits per heavy atom. The maximum atomic E-state index is 11.6. The molecule has 2 aromatic carbocycles. The topological polar surface area (TPSA) is 75.6 Å². The summed E-state index contributed by atoms with van der Waals surface area (Å²) in [6, 6.07) is 11.6. The number of thioether (sulfide) groups is 1. The van der Waals surface area contributed by atoms with Gasteiger partial charge in [-0.25, -0.2) is 0 Å². The Morgan fingerprint density at radius 1 is 1.20 bits per heavy atom. The second kappa shape index (κ2) is 7.44. The maximum Gasteiger partial charge on any atom is 0.290 e.